The number of hydrogen-bond donors (Lipinski definition) is 0. The summed E-state index contributed by atoms with van der Waals surface area (Å²) in [4.78, 5) is 11.1. The zero-order chi connectivity index (χ0) is 11.2. The van der Waals surface area contributed by atoms with Gasteiger partial charge in [0, 0.05) is 6.07 Å². The van der Waals surface area contributed by atoms with Crippen LogP contribution in [-0.2, 0) is 0 Å². The molecule has 0 aliphatic carbocycles. The van der Waals surface area contributed by atoms with Gasteiger partial charge in [-0.25, -0.2) is 0 Å². The lowest BCUT2D eigenvalue weighted by molar-refractivity contribution is 0.602. The van der Waals surface area contributed by atoms with Gasteiger partial charge in [0.05, 0.1) is 11.6 Å². The highest BCUT2D eigenvalue weighted by molar-refractivity contribution is 7.07. The second-order valence-electron chi connectivity index (χ2n) is 2.86. The number of hydrogen-bond acceptors (Lipinski definition) is 5. The second kappa shape index (κ2) is 5.18. The van der Waals surface area contributed by atoms with Crippen molar-refractivity contribution in [2.45, 2.75) is 0 Å². The molecule has 0 radical (unpaired) electrons. The third kappa shape index (κ3) is 2.52. The van der Waals surface area contributed by atoms with E-state index < -0.39 is 0 Å². The van der Waals surface area contributed by atoms with E-state index in [1.165, 1.54) is 23.7 Å². The zero-order valence-corrected chi connectivity index (χ0v) is 9.05. The van der Waals surface area contributed by atoms with Crippen molar-refractivity contribution in [3.8, 4) is 0 Å². The van der Waals surface area contributed by atoms with Crippen molar-refractivity contribution >= 4 is 22.3 Å². The van der Waals surface area contributed by atoms with Gasteiger partial charge in [-0.2, -0.15) is 0 Å². The first-order chi connectivity index (χ1) is 7.88. The molecule has 0 N–H and O–H groups in total. The van der Waals surface area contributed by atoms with Gasteiger partial charge in [0.25, 0.3) is 0 Å². The lowest BCUT2D eigenvalue weighted by Crippen LogP contribution is -1.96. The highest BCUT2D eigenvalue weighted by Crippen LogP contribution is 2.06. The summed E-state index contributed by atoms with van der Waals surface area (Å²) in [5, 5.41) is 7.62. The molecule has 0 bridgehead atoms. The minimum Gasteiger partial charge on any atom is -0.464 e. The van der Waals surface area contributed by atoms with Gasteiger partial charge in [-0.15, -0.1) is 21.5 Å². The Hall–Kier alpha value is -2.01. The van der Waals surface area contributed by atoms with Crippen LogP contribution < -0.4 is 5.43 Å². The van der Waals surface area contributed by atoms with Crippen molar-refractivity contribution in [1.29, 1.82) is 0 Å². The topological polar surface area (TPSA) is 56.0 Å². The SMILES string of the molecule is O=c1ccoc2ccccc12.c1nncs1. The average Bonchev–Trinajstić information content (AvgIpc) is 2.88. The second-order valence-corrected chi connectivity index (χ2v) is 3.55. The van der Waals surface area contributed by atoms with Gasteiger partial charge in [0.1, 0.15) is 16.6 Å². The maximum Gasteiger partial charge on any atom is 0.192 e. The molecule has 16 heavy (non-hydrogen) atoms. The Kier molecular flexibility index (Phi) is 3.40. The smallest absolute Gasteiger partial charge is 0.192 e. The molecular weight excluding hydrogens is 224 g/mol. The van der Waals surface area contributed by atoms with E-state index >= 15 is 0 Å². The van der Waals surface area contributed by atoms with E-state index in [4.69, 9.17) is 4.42 Å². The molecule has 2 heterocycles. The van der Waals surface area contributed by atoms with E-state index in [1.54, 1.807) is 23.2 Å². The first kappa shape index (κ1) is 10.5. The van der Waals surface area contributed by atoms with Gasteiger partial charge in [0.2, 0.25) is 0 Å². The predicted molar refractivity (Wildman–Crippen MR) is 62.4 cm³/mol. The van der Waals surface area contributed by atoms with Crippen LogP contribution in [0.2, 0.25) is 0 Å². The van der Waals surface area contributed by atoms with Crippen LogP contribution in [0, 0.1) is 0 Å². The number of benzene rings is 1. The maximum atomic E-state index is 11.1. The van der Waals surface area contributed by atoms with Crippen molar-refractivity contribution in [3.63, 3.8) is 0 Å². The lowest BCUT2D eigenvalue weighted by atomic mass is 10.2. The Labute approximate surface area is 95.2 Å². The highest BCUT2D eigenvalue weighted by atomic mass is 32.1. The summed E-state index contributed by atoms with van der Waals surface area (Å²) in [6.45, 7) is 0. The minimum atomic E-state index is 0.00634. The van der Waals surface area contributed by atoms with Crippen LogP contribution in [-0.4, -0.2) is 10.2 Å². The molecule has 0 spiro atoms. The van der Waals surface area contributed by atoms with Crippen molar-refractivity contribution < 1.29 is 4.42 Å². The van der Waals surface area contributed by atoms with E-state index in [1.807, 2.05) is 12.1 Å². The van der Waals surface area contributed by atoms with E-state index in [9.17, 15) is 4.79 Å². The van der Waals surface area contributed by atoms with Gasteiger partial charge in [0.15, 0.2) is 5.43 Å². The van der Waals surface area contributed by atoms with E-state index in [0.29, 0.717) is 11.0 Å². The molecular formula is C11H8N2O2S. The number of nitrogens with zero attached hydrogens (tertiary/aromatic N) is 2. The molecule has 0 saturated carbocycles. The summed E-state index contributed by atoms with van der Waals surface area (Å²) in [6.07, 6.45) is 1.41. The Morgan fingerprint density at radius 2 is 1.81 bits per heavy atom. The molecule has 2 aromatic heterocycles. The van der Waals surface area contributed by atoms with Gasteiger partial charge in [-0.3, -0.25) is 4.79 Å². The van der Waals surface area contributed by atoms with E-state index in [-0.39, 0.29) is 5.43 Å². The number of rotatable bonds is 0. The standard InChI is InChI=1S/C9H6O2.C2H2N2S/c10-8-5-6-11-9-4-2-1-3-7(8)9;1-3-4-2-5-1/h1-6H;1-2H. The molecule has 4 nitrogen and oxygen atoms in total. The normalized spacial score (nSPS) is 9.50. The van der Waals surface area contributed by atoms with Gasteiger partial charge in [-0.05, 0) is 12.1 Å². The quantitative estimate of drug-likeness (QED) is 0.597. The van der Waals surface area contributed by atoms with Crippen molar-refractivity contribution in [1.82, 2.24) is 10.2 Å². The highest BCUT2D eigenvalue weighted by Gasteiger charge is 1.95. The molecule has 0 amide bonds. The first-order valence-electron chi connectivity index (χ1n) is 4.53. The van der Waals surface area contributed by atoms with Gasteiger partial charge < -0.3 is 4.42 Å². The summed E-state index contributed by atoms with van der Waals surface area (Å²) in [6, 6.07) is 8.60. The molecule has 5 heteroatoms. The van der Waals surface area contributed by atoms with Crippen molar-refractivity contribution in [2.24, 2.45) is 0 Å². The van der Waals surface area contributed by atoms with Gasteiger partial charge in [-0.1, -0.05) is 12.1 Å². The third-order valence-corrected chi connectivity index (χ3v) is 2.28. The molecule has 80 valence electrons. The fraction of sp³-hybridized carbons (Fsp3) is 0. The molecule has 3 rings (SSSR count). The molecule has 3 aromatic rings. The van der Waals surface area contributed by atoms with Crippen molar-refractivity contribution in [3.05, 3.63) is 57.8 Å². The van der Waals surface area contributed by atoms with Crippen LogP contribution in [0.15, 0.2) is 56.8 Å². The Balaban J connectivity index is 0.000000162. The van der Waals surface area contributed by atoms with Crippen molar-refractivity contribution in [2.75, 3.05) is 0 Å². The van der Waals surface area contributed by atoms with Crippen LogP contribution in [0.3, 0.4) is 0 Å². The average molecular weight is 232 g/mol. The van der Waals surface area contributed by atoms with E-state index in [2.05, 4.69) is 10.2 Å². The van der Waals surface area contributed by atoms with Crippen LogP contribution in [0.4, 0.5) is 0 Å². The van der Waals surface area contributed by atoms with Crippen LogP contribution in [0.25, 0.3) is 11.0 Å². The van der Waals surface area contributed by atoms with Crippen LogP contribution in [0.1, 0.15) is 0 Å². The third-order valence-electron chi connectivity index (χ3n) is 1.85. The Morgan fingerprint density at radius 3 is 2.44 bits per heavy atom. The summed E-state index contributed by atoms with van der Waals surface area (Å²) in [5.74, 6) is 0. The summed E-state index contributed by atoms with van der Waals surface area (Å²) < 4.78 is 5.09. The molecule has 1 aromatic carbocycles. The largest absolute Gasteiger partial charge is 0.464 e. The summed E-state index contributed by atoms with van der Waals surface area (Å²) in [7, 11) is 0. The molecule has 0 atom stereocenters. The Morgan fingerprint density at radius 1 is 1.06 bits per heavy atom. The predicted octanol–water partition coefficient (Wildman–Crippen LogP) is 2.33. The molecule has 0 aliphatic heterocycles. The Bertz CT molecular complexity index is 582. The first-order valence-corrected chi connectivity index (χ1v) is 5.47. The lowest BCUT2D eigenvalue weighted by Gasteiger charge is -1.91. The molecule has 0 unspecified atom stereocenters. The monoisotopic (exact) mass is 232 g/mol. The molecule has 0 fully saturated rings. The zero-order valence-electron chi connectivity index (χ0n) is 8.24. The minimum absolute atomic E-state index is 0.00634. The molecule has 0 aliphatic rings. The fourth-order valence-electron chi connectivity index (χ4n) is 1.17. The number of fused-ring (bicyclic) bond motifs is 1. The van der Waals surface area contributed by atoms with E-state index in [0.717, 1.165) is 0 Å². The van der Waals surface area contributed by atoms with Gasteiger partial charge >= 0.3 is 0 Å². The maximum absolute atomic E-state index is 11.1. The number of aromatic nitrogens is 2. The fourth-order valence-corrected chi connectivity index (χ4v) is 1.44. The van der Waals surface area contributed by atoms with Crippen LogP contribution in [0.5, 0.6) is 0 Å². The summed E-state index contributed by atoms with van der Waals surface area (Å²) in [5.41, 5.74) is 4.01. The number of para-hydroxylation sites is 1. The molecule has 0 saturated heterocycles. The van der Waals surface area contributed by atoms with Crippen LogP contribution >= 0.6 is 11.3 Å². The summed E-state index contributed by atoms with van der Waals surface area (Å²) >= 11 is 1.49.